The molecule has 2 aromatic carbocycles. The second-order valence-corrected chi connectivity index (χ2v) is 7.94. The van der Waals surface area contributed by atoms with Gasteiger partial charge in [-0.25, -0.2) is 13.1 Å². The van der Waals surface area contributed by atoms with E-state index in [1.54, 1.807) is 37.3 Å². The average molecular weight is 418 g/mol. The van der Waals surface area contributed by atoms with Gasteiger partial charge in [0.1, 0.15) is 0 Å². The Hall–Kier alpha value is -1.41. The number of hydrogen-bond donors (Lipinski definition) is 2. The maximum atomic E-state index is 12.3. The number of aryl methyl sites for hydroxylation is 1. The molecule has 0 aliphatic carbocycles. The normalized spacial score (nSPS) is 11.3. The lowest BCUT2D eigenvalue weighted by molar-refractivity contribution is 0.102. The van der Waals surface area contributed by atoms with Crippen molar-refractivity contribution < 1.29 is 13.2 Å². The highest BCUT2D eigenvalue weighted by molar-refractivity contribution is 9.10. The Labute approximate surface area is 148 Å². The molecule has 0 aliphatic rings. The predicted octanol–water partition coefficient (Wildman–Crippen LogP) is 3.57. The topological polar surface area (TPSA) is 75.3 Å². The third-order valence-electron chi connectivity index (χ3n) is 3.18. The van der Waals surface area contributed by atoms with Crippen LogP contribution in [0.5, 0.6) is 0 Å². The van der Waals surface area contributed by atoms with Gasteiger partial charge >= 0.3 is 0 Å². The minimum absolute atomic E-state index is 0.109. The minimum atomic E-state index is -3.60. The fourth-order valence-electron chi connectivity index (χ4n) is 1.95. The molecule has 0 atom stereocenters. The van der Waals surface area contributed by atoms with Crippen LogP contribution in [0.15, 0.2) is 45.8 Å². The largest absolute Gasteiger partial charge is 0.322 e. The Morgan fingerprint density at radius 3 is 2.52 bits per heavy atom. The number of nitrogens with one attached hydrogen (secondary N) is 2. The molecule has 2 aromatic rings. The lowest BCUT2D eigenvalue weighted by Gasteiger charge is -2.11. The Morgan fingerprint density at radius 1 is 1.17 bits per heavy atom. The van der Waals surface area contributed by atoms with E-state index in [1.165, 1.54) is 13.1 Å². The summed E-state index contributed by atoms with van der Waals surface area (Å²) in [5, 5.41) is 2.96. The highest BCUT2D eigenvalue weighted by Gasteiger charge is 2.17. The molecule has 8 heteroatoms. The van der Waals surface area contributed by atoms with E-state index in [0.717, 1.165) is 4.47 Å². The molecule has 23 heavy (non-hydrogen) atoms. The van der Waals surface area contributed by atoms with Gasteiger partial charge in [-0.3, -0.25) is 4.79 Å². The second kappa shape index (κ2) is 7.00. The molecule has 1 amide bonds. The van der Waals surface area contributed by atoms with Crippen molar-refractivity contribution in [3.63, 3.8) is 0 Å². The van der Waals surface area contributed by atoms with E-state index in [4.69, 9.17) is 11.6 Å². The first-order valence-corrected chi connectivity index (χ1v) is 9.20. The van der Waals surface area contributed by atoms with Crippen molar-refractivity contribution in [3.8, 4) is 0 Å². The molecule has 0 bridgehead atoms. The number of benzene rings is 2. The van der Waals surface area contributed by atoms with Gasteiger partial charge in [0, 0.05) is 10.2 Å². The first kappa shape index (κ1) is 17.9. The number of carbonyl (C=O) groups excluding carboxylic acids is 1. The Morgan fingerprint density at radius 2 is 1.87 bits per heavy atom. The van der Waals surface area contributed by atoms with Gasteiger partial charge in [-0.15, -0.1) is 0 Å². The van der Waals surface area contributed by atoms with Gasteiger partial charge in [-0.2, -0.15) is 0 Å². The van der Waals surface area contributed by atoms with Crippen LogP contribution in [-0.4, -0.2) is 21.4 Å². The predicted molar refractivity (Wildman–Crippen MR) is 94.5 cm³/mol. The van der Waals surface area contributed by atoms with Crippen molar-refractivity contribution in [1.29, 1.82) is 0 Å². The lowest BCUT2D eigenvalue weighted by atomic mass is 10.2. The molecule has 0 unspecified atom stereocenters. The van der Waals surface area contributed by atoms with Gasteiger partial charge in [0.05, 0.1) is 15.5 Å². The summed E-state index contributed by atoms with van der Waals surface area (Å²) in [5.41, 5.74) is 1.24. The van der Waals surface area contributed by atoms with Crippen LogP contribution in [0.2, 0.25) is 5.02 Å². The van der Waals surface area contributed by atoms with Crippen molar-refractivity contribution in [2.24, 2.45) is 0 Å². The zero-order valence-corrected chi connectivity index (χ0v) is 15.5. The van der Waals surface area contributed by atoms with E-state index in [9.17, 15) is 13.2 Å². The maximum Gasteiger partial charge on any atom is 0.257 e. The highest BCUT2D eigenvalue weighted by atomic mass is 79.9. The summed E-state index contributed by atoms with van der Waals surface area (Å²) in [6.45, 7) is 1.68. The number of sulfonamides is 1. The number of anilines is 1. The zero-order chi connectivity index (χ0) is 17.2. The molecule has 0 heterocycles. The first-order valence-electron chi connectivity index (χ1n) is 6.55. The van der Waals surface area contributed by atoms with Crippen molar-refractivity contribution in [1.82, 2.24) is 4.72 Å². The van der Waals surface area contributed by atoms with Crippen LogP contribution in [0, 0.1) is 6.92 Å². The average Bonchev–Trinajstić information content (AvgIpc) is 2.51. The van der Waals surface area contributed by atoms with Crippen molar-refractivity contribution in [2.45, 2.75) is 11.8 Å². The Balaban J connectivity index is 2.36. The van der Waals surface area contributed by atoms with E-state index < -0.39 is 15.9 Å². The van der Waals surface area contributed by atoms with Crippen molar-refractivity contribution in [3.05, 3.63) is 57.0 Å². The van der Waals surface area contributed by atoms with Crippen LogP contribution in [0.25, 0.3) is 0 Å². The summed E-state index contributed by atoms with van der Waals surface area (Å²) in [6.07, 6.45) is 0. The summed E-state index contributed by atoms with van der Waals surface area (Å²) in [6, 6.07) is 9.59. The third kappa shape index (κ3) is 4.11. The van der Waals surface area contributed by atoms with E-state index in [0.29, 0.717) is 21.8 Å². The van der Waals surface area contributed by atoms with Crippen molar-refractivity contribution in [2.75, 3.05) is 12.4 Å². The number of halogens is 2. The molecule has 0 radical (unpaired) electrons. The molecule has 0 saturated heterocycles. The third-order valence-corrected chi connectivity index (χ3v) is 5.56. The fourth-order valence-corrected chi connectivity index (χ4v) is 3.51. The monoisotopic (exact) mass is 416 g/mol. The van der Waals surface area contributed by atoms with Gasteiger partial charge in [-0.1, -0.05) is 33.6 Å². The van der Waals surface area contributed by atoms with Crippen LogP contribution in [0.4, 0.5) is 5.69 Å². The van der Waals surface area contributed by atoms with Crippen LogP contribution in [0.3, 0.4) is 0 Å². The minimum Gasteiger partial charge on any atom is -0.322 e. The van der Waals surface area contributed by atoms with Gasteiger partial charge in [0.15, 0.2) is 0 Å². The van der Waals surface area contributed by atoms with Crippen molar-refractivity contribution >= 4 is 49.1 Å². The van der Waals surface area contributed by atoms with Crippen LogP contribution >= 0.6 is 27.5 Å². The number of rotatable bonds is 4. The summed E-state index contributed by atoms with van der Waals surface area (Å²) >= 11 is 9.30. The summed E-state index contributed by atoms with van der Waals surface area (Å²) in [7, 11) is -2.27. The summed E-state index contributed by atoms with van der Waals surface area (Å²) in [4.78, 5) is 12.4. The molecular formula is C15H14BrClN2O3S. The number of amides is 1. The smallest absolute Gasteiger partial charge is 0.257 e. The molecule has 0 aliphatic heterocycles. The lowest BCUT2D eigenvalue weighted by Crippen LogP contribution is -2.20. The standard InChI is InChI=1S/C15H14BrClN2O3S/c1-9-3-5-11(8-14(9)23(21,22)18-2)19-15(20)12-7-10(16)4-6-13(12)17/h3-8,18H,1-2H3,(H,19,20). The molecule has 0 aromatic heterocycles. The summed E-state index contributed by atoms with van der Waals surface area (Å²) in [5.74, 6) is -0.423. The van der Waals surface area contributed by atoms with Crippen LogP contribution in [-0.2, 0) is 10.0 Å². The quantitative estimate of drug-likeness (QED) is 0.798. The molecule has 2 N–H and O–H groups in total. The number of hydrogen-bond acceptors (Lipinski definition) is 3. The molecular weight excluding hydrogens is 404 g/mol. The Kier molecular flexibility index (Phi) is 5.46. The number of carbonyl (C=O) groups is 1. The van der Waals surface area contributed by atoms with Gasteiger partial charge < -0.3 is 5.32 Å². The zero-order valence-electron chi connectivity index (χ0n) is 12.4. The van der Waals surface area contributed by atoms with Gasteiger partial charge in [0.2, 0.25) is 10.0 Å². The van der Waals surface area contributed by atoms with Crippen LogP contribution in [0.1, 0.15) is 15.9 Å². The fraction of sp³-hybridized carbons (Fsp3) is 0.133. The van der Waals surface area contributed by atoms with E-state index >= 15 is 0 Å². The molecule has 0 saturated carbocycles. The summed E-state index contributed by atoms with van der Waals surface area (Å²) < 4.78 is 26.9. The van der Waals surface area contributed by atoms with E-state index in [-0.39, 0.29) is 4.90 Å². The second-order valence-electron chi connectivity index (χ2n) is 4.77. The van der Waals surface area contributed by atoms with Gasteiger partial charge in [0.25, 0.3) is 5.91 Å². The SMILES string of the molecule is CNS(=O)(=O)c1cc(NC(=O)c2cc(Br)ccc2Cl)ccc1C. The highest BCUT2D eigenvalue weighted by Crippen LogP contribution is 2.24. The van der Waals surface area contributed by atoms with Gasteiger partial charge in [-0.05, 0) is 49.9 Å². The molecule has 0 fully saturated rings. The van der Waals surface area contributed by atoms with Crippen LogP contribution < -0.4 is 10.0 Å². The molecule has 5 nitrogen and oxygen atoms in total. The molecule has 2 rings (SSSR count). The van der Waals surface area contributed by atoms with E-state index in [1.807, 2.05) is 0 Å². The molecule has 122 valence electrons. The maximum absolute atomic E-state index is 12.3. The Bertz CT molecular complexity index is 869. The molecule has 0 spiro atoms. The van der Waals surface area contributed by atoms with E-state index in [2.05, 4.69) is 26.0 Å². The first-order chi connectivity index (χ1) is 10.7.